The molecule has 0 spiro atoms. The third-order valence-electron chi connectivity index (χ3n) is 5.76. The van der Waals surface area contributed by atoms with E-state index < -0.39 is 17.3 Å². The first kappa shape index (κ1) is 24.6. The van der Waals surface area contributed by atoms with Crippen LogP contribution in [0, 0.1) is 5.41 Å². The zero-order chi connectivity index (χ0) is 22.6. The summed E-state index contributed by atoms with van der Waals surface area (Å²) >= 11 is 0. The number of allylic oxidation sites excluding steroid dienone is 4. The molecule has 2 rings (SSSR count). The first-order valence-corrected chi connectivity index (χ1v) is 10.8. The molecule has 5 nitrogen and oxygen atoms in total. The van der Waals surface area contributed by atoms with Gasteiger partial charge in [0.1, 0.15) is 5.60 Å². The number of esters is 1. The molecule has 0 unspecified atom stereocenters. The smallest absolute Gasteiger partial charge is 0.331 e. The standard InChI is InChI=1S/C25H38O5/c1-18(2)16-22(27)29-20-11-15-24(5,13-7-12-23(3,4)28)14-10-19(17-26)8-9-21-25(20,6)30-21/h7,10-12,15-16,20-21,26,28H,8-9,13-14,17H2,1-6H3/b12-7+,15-11+,19-10+/t20-,21+,24+,25+/m0/s1. The average Bonchev–Trinajstić information content (AvgIpc) is 3.28. The maximum absolute atomic E-state index is 12.3. The van der Waals surface area contributed by atoms with E-state index in [0.717, 1.165) is 30.4 Å². The average molecular weight is 419 g/mol. The van der Waals surface area contributed by atoms with Gasteiger partial charge in [-0.15, -0.1) is 0 Å². The summed E-state index contributed by atoms with van der Waals surface area (Å²) in [5.41, 5.74) is 0.200. The van der Waals surface area contributed by atoms with Gasteiger partial charge < -0.3 is 19.7 Å². The van der Waals surface area contributed by atoms with Gasteiger partial charge in [0, 0.05) is 6.08 Å². The van der Waals surface area contributed by atoms with E-state index in [2.05, 4.69) is 19.1 Å². The highest BCUT2D eigenvalue weighted by Gasteiger charge is 2.58. The number of aliphatic hydroxyl groups is 2. The molecule has 0 bridgehead atoms. The Hall–Kier alpha value is -1.69. The van der Waals surface area contributed by atoms with E-state index in [9.17, 15) is 15.0 Å². The second-order valence-corrected chi connectivity index (χ2v) is 9.91. The number of carbonyl (C=O) groups excluding carboxylic acids is 1. The fraction of sp³-hybridized carbons (Fsp3) is 0.640. The summed E-state index contributed by atoms with van der Waals surface area (Å²) in [6, 6.07) is 0. The molecule has 1 aliphatic heterocycles. The number of aliphatic hydroxyl groups excluding tert-OH is 1. The van der Waals surface area contributed by atoms with Crippen LogP contribution in [0.25, 0.3) is 0 Å². The van der Waals surface area contributed by atoms with E-state index in [4.69, 9.17) is 9.47 Å². The summed E-state index contributed by atoms with van der Waals surface area (Å²) < 4.78 is 11.8. The van der Waals surface area contributed by atoms with E-state index in [1.165, 1.54) is 6.08 Å². The van der Waals surface area contributed by atoms with Crippen molar-refractivity contribution in [3.63, 3.8) is 0 Å². The summed E-state index contributed by atoms with van der Waals surface area (Å²) in [6.45, 7) is 11.3. The van der Waals surface area contributed by atoms with Crippen LogP contribution >= 0.6 is 0 Å². The maximum atomic E-state index is 12.3. The van der Waals surface area contributed by atoms with Gasteiger partial charge >= 0.3 is 5.97 Å². The Balaban J connectivity index is 2.32. The second-order valence-electron chi connectivity index (χ2n) is 9.91. The zero-order valence-electron chi connectivity index (χ0n) is 19.3. The lowest BCUT2D eigenvalue weighted by atomic mass is 9.81. The molecule has 0 radical (unpaired) electrons. The van der Waals surface area contributed by atoms with Crippen LogP contribution in [0.1, 0.15) is 67.2 Å². The maximum Gasteiger partial charge on any atom is 0.331 e. The number of rotatable bonds is 6. The van der Waals surface area contributed by atoms with Crippen LogP contribution in [0.4, 0.5) is 0 Å². The quantitative estimate of drug-likeness (QED) is 0.289. The predicted octanol–water partition coefficient (Wildman–Crippen LogP) is 4.40. The molecule has 1 saturated heterocycles. The summed E-state index contributed by atoms with van der Waals surface area (Å²) in [6.07, 6.45) is 13.9. The van der Waals surface area contributed by atoms with Crippen molar-refractivity contribution in [3.05, 3.63) is 47.6 Å². The fourth-order valence-corrected chi connectivity index (χ4v) is 3.71. The van der Waals surface area contributed by atoms with Crippen LogP contribution in [0.5, 0.6) is 0 Å². The highest BCUT2D eigenvalue weighted by molar-refractivity contribution is 5.83. The van der Waals surface area contributed by atoms with Crippen molar-refractivity contribution in [1.82, 2.24) is 0 Å². The molecule has 0 aromatic heterocycles. The van der Waals surface area contributed by atoms with Crippen LogP contribution < -0.4 is 0 Å². The summed E-state index contributed by atoms with van der Waals surface area (Å²) in [5.74, 6) is -0.368. The Bertz CT molecular complexity index is 735. The molecule has 0 saturated carbocycles. The molecule has 0 amide bonds. The van der Waals surface area contributed by atoms with Gasteiger partial charge in [-0.2, -0.15) is 0 Å². The van der Waals surface area contributed by atoms with E-state index in [1.807, 2.05) is 32.9 Å². The minimum absolute atomic E-state index is 0.0129. The lowest BCUT2D eigenvalue weighted by Gasteiger charge is -2.26. The molecule has 1 aliphatic carbocycles. The normalized spacial score (nSPS) is 34.9. The molecule has 4 atom stereocenters. The van der Waals surface area contributed by atoms with Crippen molar-refractivity contribution < 1.29 is 24.5 Å². The van der Waals surface area contributed by atoms with Gasteiger partial charge in [-0.05, 0) is 77.4 Å². The van der Waals surface area contributed by atoms with Gasteiger partial charge in [0.05, 0.1) is 18.3 Å². The molecule has 30 heavy (non-hydrogen) atoms. The topological polar surface area (TPSA) is 79.3 Å². The van der Waals surface area contributed by atoms with E-state index in [-0.39, 0.29) is 24.1 Å². The number of carbonyl (C=O) groups is 1. The molecule has 5 heteroatoms. The molecule has 168 valence electrons. The summed E-state index contributed by atoms with van der Waals surface area (Å²) in [4.78, 5) is 12.3. The highest BCUT2D eigenvalue weighted by atomic mass is 16.6. The van der Waals surface area contributed by atoms with E-state index in [1.54, 1.807) is 19.9 Å². The van der Waals surface area contributed by atoms with Crippen LogP contribution in [0.2, 0.25) is 0 Å². The SMILES string of the molecule is CC(C)=CC(=O)O[C@H]1/C=C/[C@](C)(C/C=C/C(C)(C)O)C/C=C(/CO)CC[C@H]2O[C@]12C. The predicted molar refractivity (Wildman–Crippen MR) is 119 cm³/mol. The third kappa shape index (κ3) is 7.22. The van der Waals surface area contributed by atoms with Gasteiger partial charge in [-0.25, -0.2) is 4.79 Å². The number of ether oxygens (including phenoxy) is 2. The first-order chi connectivity index (χ1) is 13.9. The lowest BCUT2D eigenvalue weighted by molar-refractivity contribution is -0.143. The number of hydrogen-bond donors (Lipinski definition) is 2. The van der Waals surface area contributed by atoms with Gasteiger partial charge in [0.2, 0.25) is 0 Å². The number of hydrogen-bond acceptors (Lipinski definition) is 5. The molecular weight excluding hydrogens is 380 g/mol. The monoisotopic (exact) mass is 418 g/mol. The lowest BCUT2D eigenvalue weighted by Crippen LogP contribution is -2.32. The van der Waals surface area contributed by atoms with Gasteiger partial charge in [0.15, 0.2) is 6.10 Å². The zero-order valence-corrected chi connectivity index (χ0v) is 19.3. The van der Waals surface area contributed by atoms with Crippen LogP contribution in [-0.4, -0.2) is 46.2 Å². The Labute approximate surface area is 181 Å². The summed E-state index contributed by atoms with van der Waals surface area (Å²) in [5, 5.41) is 19.8. The highest BCUT2D eigenvalue weighted by Crippen LogP contribution is 2.45. The molecule has 1 heterocycles. The number of fused-ring (bicyclic) bond motifs is 1. The van der Waals surface area contributed by atoms with Crippen LogP contribution in [0.3, 0.4) is 0 Å². The van der Waals surface area contributed by atoms with Crippen molar-refractivity contribution in [2.75, 3.05) is 6.61 Å². The molecule has 0 aromatic rings. The first-order valence-electron chi connectivity index (χ1n) is 10.8. The van der Waals surface area contributed by atoms with Gasteiger partial charge in [-0.3, -0.25) is 0 Å². The van der Waals surface area contributed by atoms with Crippen molar-refractivity contribution >= 4 is 5.97 Å². The van der Waals surface area contributed by atoms with E-state index in [0.29, 0.717) is 6.42 Å². The van der Waals surface area contributed by atoms with Crippen molar-refractivity contribution in [2.24, 2.45) is 5.41 Å². The molecule has 0 aromatic carbocycles. The number of epoxide rings is 1. The minimum atomic E-state index is -0.870. The second kappa shape index (κ2) is 9.63. The Kier molecular flexibility index (Phi) is 7.89. The molecule has 2 N–H and O–H groups in total. The third-order valence-corrected chi connectivity index (χ3v) is 5.76. The van der Waals surface area contributed by atoms with Crippen molar-refractivity contribution in [2.45, 2.75) is 90.6 Å². The minimum Gasteiger partial charge on any atom is -0.452 e. The molecule has 2 aliphatic rings. The molecular formula is C25H38O5. The Morgan fingerprint density at radius 1 is 1.37 bits per heavy atom. The van der Waals surface area contributed by atoms with E-state index >= 15 is 0 Å². The van der Waals surface area contributed by atoms with Crippen molar-refractivity contribution in [3.8, 4) is 0 Å². The molecule has 1 fully saturated rings. The summed E-state index contributed by atoms with van der Waals surface area (Å²) in [7, 11) is 0. The van der Waals surface area contributed by atoms with Gasteiger partial charge in [0.25, 0.3) is 0 Å². The van der Waals surface area contributed by atoms with Crippen molar-refractivity contribution in [1.29, 1.82) is 0 Å². The van der Waals surface area contributed by atoms with Gasteiger partial charge in [-0.1, -0.05) is 36.8 Å². The fourth-order valence-electron chi connectivity index (χ4n) is 3.71. The Morgan fingerprint density at radius 2 is 2.07 bits per heavy atom. The van der Waals surface area contributed by atoms with Crippen LogP contribution in [0.15, 0.2) is 47.6 Å². The van der Waals surface area contributed by atoms with Crippen LogP contribution in [-0.2, 0) is 14.3 Å². The Morgan fingerprint density at radius 3 is 2.67 bits per heavy atom. The largest absolute Gasteiger partial charge is 0.452 e.